The Bertz CT molecular complexity index is 303. The number of rotatable bonds is 10. The van der Waals surface area contributed by atoms with Crippen LogP contribution in [0.4, 0.5) is 0 Å². The molecule has 1 atom stereocenters. The van der Waals surface area contributed by atoms with Crippen molar-refractivity contribution in [2.45, 2.75) is 77.9 Å². The van der Waals surface area contributed by atoms with Crippen LogP contribution in [0.3, 0.4) is 0 Å². The van der Waals surface area contributed by atoms with Crippen molar-refractivity contribution >= 4 is 5.97 Å². The van der Waals surface area contributed by atoms with E-state index >= 15 is 0 Å². The van der Waals surface area contributed by atoms with Crippen LogP contribution in [0.15, 0.2) is 0 Å². The molecular weight excluding hydrogens is 252 g/mol. The third-order valence-corrected chi connectivity index (χ3v) is 3.81. The summed E-state index contributed by atoms with van der Waals surface area (Å²) in [5, 5.41) is 3.40. The third-order valence-electron chi connectivity index (χ3n) is 3.81. The van der Waals surface area contributed by atoms with Gasteiger partial charge in [0.2, 0.25) is 0 Å². The Morgan fingerprint density at radius 1 is 1.35 bits per heavy atom. The van der Waals surface area contributed by atoms with E-state index in [4.69, 9.17) is 4.74 Å². The lowest BCUT2D eigenvalue weighted by molar-refractivity contribution is -0.151. The summed E-state index contributed by atoms with van der Waals surface area (Å²) in [6.45, 7) is 12.7. The molecule has 0 saturated heterocycles. The lowest BCUT2D eigenvalue weighted by Crippen LogP contribution is -2.54. The summed E-state index contributed by atoms with van der Waals surface area (Å²) >= 11 is 0. The molecule has 1 rings (SSSR count). The predicted molar refractivity (Wildman–Crippen MR) is 82.8 cm³/mol. The first-order valence-corrected chi connectivity index (χ1v) is 8.12. The van der Waals surface area contributed by atoms with Crippen LogP contribution in [0.5, 0.6) is 0 Å². The molecule has 1 unspecified atom stereocenters. The highest BCUT2D eigenvalue weighted by atomic mass is 16.5. The van der Waals surface area contributed by atoms with Gasteiger partial charge >= 0.3 is 5.97 Å². The minimum Gasteiger partial charge on any atom is -0.465 e. The molecule has 0 spiro atoms. The normalized spacial score (nSPS) is 18.4. The summed E-state index contributed by atoms with van der Waals surface area (Å²) in [6, 6.07) is 1.02. The monoisotopic (exact) mass is 284 g/mol. The molecule has 0 amide bonds. The molecule has 1 N–H and O–H groups in total. The van der Waals surface area contributed by atoms with Gasteiger partial charge in [-0.1, -0.05) is 6.92 Å². The van der Waals surface area contributed by atoms with Crippen molar-refractivity contribution in [3.63, 3.8) is 0 Å². The minimum absolute atomic E-state index is 0.124. The van der Waals surface area contributed by atoms with Crippen molar-refractivity contribution in [1.29, 1.82) is 0 Å². The first kappa shape index (κ1) is 17.4. The minimum atomic E-state index is -0.578. The maximum absolute atomic E-state index is 12.3. The second kappa shape index (κ2) is 7.99. The van der Waals surface area contributed by atoms with Crippen molar-refractivity contribution in [3.8, 4) is 0 Å². The summed E-state index contributed by atoms with van der Waals surface area (Å²) in [4.78, 5) is 14.8. The summed E-state index contributed by atoms with van der Waals surface area (Å²) < 4.78 is 5.26. The number of esters is 1. The molecule has 0 heterocycles. The van der Waals surface area contributed by atoms with Crippen LogP contribution in [0, 0.1) is 0 Å². The van der Waals surface area contributed by atoms with Crippen molar-refractivity contribution in [2.24, 2.45) is 0 Å². The third kappa shape index (κ3) is 5.41. The zero-order valence-corrected chi connectivity index (χ0v) is 13.9. The Labute approximate surface area is 124 Å². The summed E-state index contributed by atoms with van der Waals surface area (Å²) in [7, 11) is 0. The molecule has 1 aliphatic carbocycles. The molecule has 0 radical (unpaired) electrons. The van der Waals surface area contributed by atoms with Crippen molar-refractivity contribution in [1.82, 2.24) is 10.2 Å². The van der Waals surface area contributed by atoms with E-state index in [1.165, 1.54) is 19.3 Å². The van der Waals surface area contributed by atoms with E-state index in [9.17, 15) is 4.79 Å². The van der Waals surface area contributed by atoms with Crippen molar-refractivity contribution < 1.29 is 9.53 Å². The van der Waals surface area contributed by atoms with Crippen molar-refractivity contribution in [2.75, 3.05) is 19.7 Å². The van der Waals surface area contributed by atoms with Gasteiger partial charge in [-0.15, -0.1) is 0 Å². The fourth-order valence-electron chi connectivity index (χ4n) is 2.73. The number of nitrogens with one attached hydrogen (secondary N) is 1. The van der Waals surface area contributed by atoms with Crippen LogP contribution in [0.2, 0.25) is 0 Å². The molecule has 4 heteroatoms. The summed E-state index contributed by atoms with van der Waals surface area (Å²) in [6.07, 6.45) is 4.60. The highest BCUT2D eigenvalue weighted by Gasteiger charge is 2.37. The lowest BCUT2D eigenvalue weighted by atomic mass is 9.96. The zero-order chi connectivity index (χ0) is 15.2. The average Bonchev–Trinajstić information content (AvgIpc) is 3.18. The Morgan fingerprint density at radius 3 is 2.45 bits per heavy atom. The van der Waals surface area contributed by atoms with E-state index in [-0.39, 0.29) is 12.0 Å². The van der Waals surface area contributed by atoms with Crippen molar-refractivity contribution in [3.05, 3.63) is 0 Å². The largest absolute Gasteiger partial charge is 0.465 e. The van der Waals surface area contributed by atoms with E-state index in [1.807, 2.05) is 13.8 Å². The fraction of sp³-hybridized carbons (Fsp3) is 0.938. The number of hydrogen-bond donors (Lipinski definition) is 1. The molecule has 1 aliphatic rings. The van der Waals surface area contributed by atoms with Gasteiger partial charge in [0.05, 0.1) is 6.61 Å². The second-order valence-electron chi connectivity index (χ2n) is 6.37. The summed E-state index contributed by atoms with van der Waals surface area (Å²) in [5.41, 5.74) is -0.578. The second-order valence-corrected chi connectivity index (χ2v) is 6.37. The molecule has 0 aliphatic heterocycles. The molecule has 0 aromatic rings. The van der Waals surface area contributed by atoms with Gasteiger partial charge in [-0.05, 0) is 59.9 Å². The van der Waals surface area contributed by atoms with Gasteiger partial charge in [0.15, 0.2) is 0 Å². The standard InChI is InChI=1S/C16H32N2O2/c1-6-11-18(14-8-9-14)12-10-16(5,17-13(3)4)15(19)20-7-2/h13-14,17H,6-12H2,1-5H3. The SMILES string of the molecule is CCCN(CCC(C)(NC(C)C)C(=O)OCC)C1CC1. The number of carbonyl (C=O) groups excluding carboxylic acids is 1. The van der Waals surface area contributed by atoms with Gasteiger partial charge in [-0.25, -0.2) is 0 Å². The molecule has 0 aromatic carbocycles. The number of carbonyl (C=O) groups is 1. The molecule has 4 nitrogen and oxygen atoms in total. The van der Waals surface area contributed by atoms with Gasteiger partial charge in [-0.2, -0.15) is 0 Å². The Balaban J connectivity index is 2.60. The van der Waals surface area contributed by atoms with E-state index < -0.39 is 5.54 Å². The summed E-state index contributed by atoms with van der Waals surface area (Å²) in [5.74, 6) is -0.124. The zero-order valence-electron chi connectivity index (χ0n) is 13.9. The highest BCUT2D eigenvalue weighted by Crippen LogP contribution is 2.28. The Kier molecular flexibility index (Phi) is 6.96. The smallest absolute Gasteiger partial charge is 0.326 e. The lowest BCUT2D eigenvalue weighted by Gasteiger charge is -2.33. The molecule has 0 aromatic heterocycles. The molecule has 1 saturated carbocycles. The van der Waals surface area contributed by atoms with E-state index in [0.29, 0.717) is 6.61 Å². The van der Waals surface area contributed by atoms with Crippen LogP contribution in [0.1, 0.15) is 60.3 Å². The average molecular weight is 284 g/mol. The molecular formula is C16H32N2O2. The van der Waals surface area contributed by atoms with E-state index in [0.717, 1.165) is 25.6 Å². The van der Waals surface area contributed by atoms with E-state index in [2.05, 4.69) is 31.0 Å². The van der Waals surface area contributed by atoms with Gasteiger partial charge in [-0.3, -0.25) is 10.1 Å². The van der Waals surface area contributed by atoms with Crippen LogP contribution in [0.25, 0.3) is 0 Å². The quantitative estimate of drug-likeness (QED) is 0.626. The van der Waals surface area contributed by atoms with Crippen LogP contribution in [-0.4, -0.2) is 48.2 Å². The molecule has 20 heavy (non-hydrogen) atoms. The maximum atomic E-state index is 12.3. The van der Waals surface area contributed by atoms with E-state index in [1.54, 1.807) is 0 Å². The molecule has 118 valence electrons. The van der Waals surface area contributed by atoms with Gasteiger partial charge in [0, 0.05) is 18.6 Å². The van der Waals surface area contributed by atoms with Gasteiger partial charge in [0.25, 0.3) is 0 Å². The maximum Gasteiger partial charge on any atom is 0.326 e. The van der Waals surface area contributed by atoms with Crippen LogP contribution < -0.4 is 5.32 Å². The topological polar surface area (TPSA) is 41.6 Å². The number of ether oxygens (including phenoxy) is 1. The molecule has 1 fully saturated rings. The predicted octanol–water partition coefficient (Wildman–Crippen LogP) is 2.57. The van der Waals surface area contributed by atoms with Gasteiger partial charge < -0.3 is 9.64 Å². The Morgan fingerprint density at radius 2 is 2.00 bits per heavy atom. The molecule has 0 bridgehead atoms. The fourth-order valence-corrected chi connectivity index (χ4v) is 2.73. The Hall–Kier alpha value is -0.610. The number of nitrogens with zero attached hydrogens (tertiary/aromatic N) is 1. The van der Waals surface area contributed by atoms with Gasteiger partial charge in [0.1, 0.15) is 5.54 Å². The first-order chi connectivity index (χ1) is 9.42. The van der Waals surface area contributed by atoms with Crippen LogP contribution in [-0.2, 0) is 9.53 Å². The highest BCUT2D eigenvalue weighted by molar-refractivity contribution is 5.80. The first-order valence-electron chi connectivity index (χ1n) is 8.12. The number of hydrogen-bond acceptors (Lipinski definition) is 4. The van der Waals surface area contributed by atoms with Crippen LogP contribution >= 0.6 is 0 Å².